The van der Waals surface area contributed by atoms with E-state index in [1.54, 1.807) is 17.8 Å². The molecule has 4 nitrogen and oxygen atoms in total. The van der Waals surface area contributed by atoms with Crippen molar-refractivity contribution in [2.45, 2.75) is 43.5 Å². The maximum absolute atomic E-state index is 11.9. The lowest BCUT2D eigenvalue weighted by atomic mass is 9.86. The van der Waals surface area contributed by atoms with Gasteiger partial charge in [-0.2, -0.15) is 0 Å². The minimum absolute atomic E-state index is 0.204. The minimum Gasteiger partial charge on any atom is -0.452 e. The Morgan fingerprint density at radius 3 is 2.62 bits per heavy atom. The lowest BCUT2D eigenvalue weighted by molar-refractivity contribution is -0.144. The first-order valence-electron chi connectivity index (χ1n) is 8.36. The van der Waals surface area contributed by atoms with E-state index in [1.807, 2.05) is 30.5 Å². The van der Waals surface area contributed by atoms with E-state index < -0.39 is 5.97 Å². The predicted molar refractivity (Wildman–Crippen MR) is 97.8 cm³/mol. The third-order valence-electron chi connectivity index (χ3n) is 4.33. The SMILES string of the molecule is CSc1ccc(/C=C/C(=O)OCC(=O)N[C@@H]2CCCC[C@@H]2C)cc1. The molecular weight excluding hydrogens is 322 g/mol. The molecule has 1 fully saturated rings. The molecule has 2 rings (SSSR count). The van der Waals surface area contributed by atoms with Crippen molar-refractivity contribution >= 4 is 29.7 Å². The summed E-state index contributed by atoms with van der Waals surface area (Å²) >= 11 is 1.67. The first-order valence-corrected chi connectivity index (χ1v) is 9.59. The summed E-state index contributed by atoms with van der Waals surface area (Å²) in [5.74, 6) is -0.238. The Hall–Kier alpha value is -1.75. The van der Waals surface area contributed by atoms with Crippen molar-refractivity contribution in [2.75, 3.05) is 12.9 Å². The maximum atomic E-state index is 11.9. The average Bonchev–Trinajstić information content (AvgIpc) is 2.60. The van der Waals surface area contributed by atoms with Gasteiger partial charge < -0.3 is 10.1 Å². The van der Waals surface area contributed by atoms with Crippen LogP contribution in [0.2, 0.25) is 0 Å². The first-order chi connectivity index (χ1) is 11.6. The summed E-state index contributed by atoms with van der Waals surface area (Å²) in [6, 6.07) is 8.07. The smallest absolute Gasteiger partial charge is 0.331 e. The summed E-state index contributed by atoms with van der Waals surface area (Å²) in [6.45, 7) is 1.93. The lowest BCUT2D eigenvalue weighted by Crippen LogP contribution is -2.42. The van der Waals surface area contributed by atoms with Crippen LogP contribution in [0.3, 0.4) is 0 Å². The Morgan fingerprint density at radius 2 is 1.96 bits per heavy atom. The molecule has 0 spiro atoms. The quantitative estimate of drug-likeness (QED) is 0.485. The van der Waals surface area contributed by atoms with Crippen LogP contribution in [-0.4, -0.2) is 30.8 Å². The largest absolute Gasteiger partial charge is 0.452 e. The van der Waals surface area contributed by atoms with E-state index in [0.717, 1.165) is 24.8 Å². The second-order valence-corrected chi connectivity index (χ2v) is 7.03. The molecular formula is C19H25NO3S. The van der Waals surface area contributed by atoms with Crippen molar-refractivity contribution in [3.05, 3.63) is 35.9 Å². The Kier molecular flexibility index (Phi) is 7.37. The van der Waals surface area contributed by atoms with Gasteiger partial charge in [0.05, 0.1) is 0 Å². The molecule has 0 aliphatic heterocycles. The number of rotatable bonds is 6. The summed E-state index contributed by atoms with van der Waals surface area (Å²) in [5, 5.41) is 2.97. The Balaban J connectivity index is 1.73. The number of esters is 1. The molecule has 1 saturated carbocycles. The molecule has 0 saturated heterocycles. The molecule has 0 aromatic heterocycles. The van der Waals surface area contributed by atoms with Crippen LogP contribution in [0, 0.1) is 5.92 Å². The van der Waals surface area contributed by atoms with Crippen molar-refractivity contribution in [3.63, 3.8) is 0 Å². The number of hydrogen-bond donors (Lipinski definition) is 1. The molecule has 1 aliphatic carbocycles. The number of ether oxygens (including phenoxy) is 1. The van der Waals surface area contributed by atoms with Crippen molar-refractivity contribution in [1.29, 1.82) is 0 Å². The van der Waals surface area contributed by atoms with Crippen LogP contribution in [0.1, 0.15) is 38.2 Å². The second-order valence-electron chi connectivity index (χ2n) is 6.15. The van der Waals surface area contributed by atoms with E-state index in [-0.39, 0.29) is 18.6 Å². The van der Waals surface area contributed by atoms with E-state index in [9.17, 15) is 9.59 Å². The van der Waals surface area contributed by atoms with Gasteiger partial charge in [-0.05, 0) is 48.8 Å². The highest BCUT2D eigenvalue weighted by Gasteiger charge is 2.22. The highest BCUT2D eigenvalue weighted by atomic mass is 32.2. The topological polar surface area (TPSA) is 55.4 Å². The molecule has 130 valence electrons. The summed E-state index contributed by atoms with van der Waals surface area (Å²) in [4.78, 5) is 24.8. The van der Waals surface area contributed by atoms with Gasteiger partial charge in [-0.15, -0.1) is 11.8 Å². The molecule has 1 amide bonds. The average molecular weight is 347 g/mol. The third-order valence-corrected chi connectivity index (χ3v) is 5.07. The molecule has 2 atom stereocenters. The number of carbonyl (C=O) groups is 2. The highest BCUT2D eigenvalue weighted by Crippen LogP contribution is 2.23. The molecule has 0 bridgehead atoms. The monoisotopic (exact) mass is 347 g/mol. The van der Waals surface area contributed by atoms with Crippen LogP contribution in [0.4, 0.5) is 0 Å². The fraction of sp³-hybridized carbons (Fsp3) is 0.474. The van der Waals surface area contributed by atoms with Gasteiger partial charge in [-0.1, -0.05) is 31.9 Å². The first kappa shape index (κ1) is 18.6. The number of amides is 1. The van der Waals surface area contributed by atoms with Gasteiger partial charge in [0, 0.05) is 17.0 Å². The second kappa shape index (κ2) is 9.52. The molecule has 5 heteroatoms. The summed E-state index contributed by atoms with van der Waals surface area (Å²) in [5.41, 5.74) is 0.922. The van der Waals surface area contributed by atoms with Gasteiger partial charge in [0.2, 0.25) is 0 Å². The number of thioether (sulfide) groups is 1. The van der Waals surface area contributed by atoms with Gasteiger partial charge >= 0.3 is 5.97 Å². The zero-order valence-corrected chi connectivity index (χ0v) is 15.1. The fourth-order valence-electron chi connectivity index (χ4n) is 2.84. The van der Waals surface area contributed by atoms with Gasteiger partial charge in [0.1, 0.15) is 0 Å². The van der Waals surface area contributed by atoms with Crippen LogP contribution < -0.4 is 5.32 Å². The molecule has 0 heterocycles. The molecule has 0 radical (unpaired) electrons. The number of nitrogens with one attached hydrogen (secondary N) is 1. The van der Waals surface area contributed by atoms with Crippen LogP contribution in [0.5, 0.6) is 0 Å². The number of hydrogen-bond acceptors (Lipinski definition) is 4. The van der Waals surface area contributed by atoms with Gasteiger partial charge in [0.15, 0.2) is 6.61 Å². The predicted octanol–water partition coefficient (Wildman–Crippen LogP) is 3.66. The van der Waals surface area contributed by atoms with E-state index in [4.69, 9.17) is 4.74 Å². The van der Waals surface area contributed by atoms with Crippen LogP contribution in [-0.2, 0) is 14.3 Å². The van der Waals surface area contributed by atoms with Crippen molar-refractivity contribution in [2.24, 2.45) is 5.92 Å². The molecule has 1 N–H and O–H groups in total. The summed E-state index contributed by atoms with van der Waals surface area (Å²) < 4.78 is 5.01. The van der Waals surface area contributed by atoms with E-state index in [2.05, 4.69) is 12.2 Å². The van der Waals surface area contributed by atoms with Gasteiger partial charge in [-0.3, -0.25) is 4.79 Å². The van der Waals surface area contributed by atoms with Gasteiger partial charge in [-0.25, -0.2) is 4.79 Å². The van der Waals surface area contributed by atoms with Crippen molar-refractivity contribution in [3.8, 4) is 0 Å². The zero-order chi connectivity index (χ0) is 17.4. The lowest BCUT2D eigenvalue weighted by Gasteiger charge is -2.29. The minimum atomic E-state index is -0.504. The molecule has 1 aromatic carbocycles. The molecule has 24 heavy (non-hydrogen) atoms. The fourth-order valence-corrected chi connectivity index (χ4v) is 3.25. The van der Waals surface area contributed by atoms with Crippen molar-refractivity contribution in [1.82, 2.24) is 5.32 Å². The Morgan fingerprint density at radius 1 is 1.25 bits per heavy atom. The van der Waals surface area contributed by atoms with Crippen molar-refractivity contribution < 1.29 is 14.3 Å². The van der Waals surface area contributed by atoms with Crippen LogP contribution in [0.25, 0.3) is 6.08 Å². The molecule has 0 unspecified atom stereocenters. The molecule has 1 aromatic rings. The standard InChI is InChI=1S/C19H25NO3S/c1-14-5-3-4-6-17(14)20-18(21)13-23-19(22)12-9-15-7-10-16(24-2)11-8-15/h7-12,14,17H,3-6,13H2,1-2H3,(H,20,21)/b12-9+/t14-,17+/m0/s1. The van der Waals surface area contributed by atoms with Gasteiger partial charge in [0.25, 0.3) is 5.91 Å². The normalized spacial score (nSPS) is 20.8. The third kappa shape index (κ3) is 6.04. The highest BCUT2D eigenvalue weighted by molar-refractivity contribution is 7.98. The number of carbonyl (C=O) groups excluding carboxylic acids is 2. The number of benzene rings is 1. The van der Waals surface area contributed by atoms with E-state index >= 15 is 0 Å². The van der Waals surface area contributed by atoms with E-state index in [0.29, 0.717) is 5.92 Å². The maximum Gasteiger partial charge on any atom is 0.331 e. The van der Waals surface area contributed by atoms with Crippen LogP contribution >= 0.6 is 11.8 Å². The Bertz CT molecular complexity index is 583. The molecule has 1 aliphatic rings. The van der Waals surface area contributed by atoms with Crippen LogP contribution in [0.15, 0.2) is 35.2 Å². The summed E-state index contributed by atoms with van der Waals surface area (Å²) in [6.07, 6.45) is 9.58. The zero-order valence-electron chi connectivity index (χ0n) is 14.3. The Labute approximate surface area is 148 Å². The summed E-state index contributed by atoms with van der Waals surface area (Å²) in [7, 11) is 0. The van der Waals surface area contributed by atoms with E-state index in [1.165, 1.54) is 17.4 Å².